The highest BCUT2D eigenvalue weighted by Gasteiger charge is 2.21. The second-order valence-corrected chi connectivity index (χ2v) is 15.4. The third-order valence-electron chi connectivity index (χ3n) is 11.0. The summed E-state index contributed by atoms with van der Waals surface area (Å²) < 4.78 is 7.10. The monoisotopic (exact) mass is 746 g/mol. The van der Waals surface area contributed by atoms with Crippen LogP contribution in [-0.2, 0) is 0 Å². The first-order valence-corrected chi connectivity index (χ1v) is 19.8. The predicted molar refractivity (Wildman–Crippen MR) is 235 cm³/mol. The minimum Gasteiger partial charge on any atom is -0.308 e. The van der Waals surface area contributed by atoms with Crippen LogP contribution in [0.5, 0.6) is 0 Å². The number of thiophene rings is 1. The number of rotatable bonds is 5. The second-order valence-electron chi connectivity index (χ2n) is 14.3. The highest BCUT2D eigenvalue weighted by atomic mass is 32.1. The number of para-hydroxylation sites is 1. The standard InChI is InChI=1S/C50H30N6S/c1-4-14-31(15-5-1)40-25-27-43-47(51-40)39-29-38-36-21-11-13-23-45(36)57-46(38)30-44(39)55(43)34-24-26-42-37(28-34)35-20-10-12-22-41(35)56(42)50-53-48(32-16-6-2-7-17-32)52-49(54-50)33-18-8-3-9-19-33/h1-30H. The Balaban J connectivity index is 1.12. The zero-order valence-electron chi connectivity index (χ0n) is 30.4. The smallest absolute Gasteiger partial charge is 0.238 e. The van der Waals surface area contributed by atoms with E-state index in [1.165, 1.54) is 20.2 Å². The average molecular weight is 747 g/mol. The maximum atomic E-state index is 5.37. The van der Waals surface area contributed by atoms with Crippen LogP contribution in [0.15, 0.2) is 182 Å². The summed E-state index contributed by atoms with van der Waals surface area (Å²) in [5, 5.41) is 5.90. The minimum atomic E-state index is 0.573. The van der Waals surface area contributed by atoms with Crippen molar-refractivity contribution in [3.8, 4) is 45.7 Å². The molecular formula is C50H30N6S. The van der Waals surface area contributed by atoms with Crippen LogP contribution in [0.1, 0.15) is 0 Å². The molecule has 7 aromatic carbocycles. The summed E-state index contributed by atoms with van der Waals surface area (Å²) in [6.45, 7) is 0. The lowest BCUT2D eigenvalue weighted by Crippen LogP contribution is -2.06. The molecule has 0 saturated heterocycles. The van der Waals surface area contributed by atoms with E-state index in [-0.39, 0.29) is 0 Å². The Hall–Kier alpha value is -7.48. The molecule has 0 aliphatic carbocycles. The fourth-order valence-electron chi connectivity index (χ4n) is 8.36. The summed E-state index contributed by atoms with van der Waals surface area (Å²) >= 11 is 1.84. The lowest BCUT2D eigenvalue weighted by molar-refractivity contribution is 0.953. The SMILES string of the molecule is c1ccc(-c2ccc3c(n2)c2cc4c(cc2n3-c2ccc3c(c2)c2ccccc2n3-c2nc(-c3ccccc3)nc(-c3ccccc3)n2)sc2ccccc24)cc1. The number of fused-ring (bicyclic) bond motifs is 9. The van der Waals surface area contributed by atoms with Gasteiger partial charge in [-0.05, 0) is 54.6 Å². The van der Waals surface area contributed by atoms with Crippen LogP contribution in [0.4, 0.5) is 0 Å². The van der Waals surface area contributed by atoms with Gasteiger partial charge < -0.3 is 4.57 Å². The zero-order valence-corrected chi connectivity index (χ0v) is 31.2. The summed E-state index contributed by atoms with van der Waals surface area (Å²) in [4.78, 5) is 20.6. The molecule has 5 heterocycles. The van der Waals surface area contributed by atoms with E-state index in [4.69, 9.17) is 19.9 Å². The second kappa shape index (κ2) is 12.5. The highest BCUT2D eigenvalue weighted by molar-refractivity contribution is 7.25. The Bertz CT molecular complexity index is 3460. The van der Waals surface area contributed by atoms with Crippen molar-refractivity contribution in [2.45, 2.75) is 0 Å². The normalized spacial score (nSPS) is 11.9. The van der Waals surface area contributed by atoms with Crippen molar-refractivity contribution in [3.05, 3.63) is 182 Å². The first kappa shape index (κ1) is 31.8. The topological polar surface area (TPSA) is 61.4 Å². The van der Waals surface area contributed by atoms with Gasteiger partial charge in [0.05, 0.1) is 33.3 Å². The van der Waals surface area contributed by atoms with Crippen LogP contribution in [0.2, 0.25) is 0 Å². The van der Waals surface area contributed by atoms with E-state index in [0.29, 0.717) is 17.6 Å². The first-order valence-electron chi connectivity index (χ1n) is 19.0. The van der Waals surface area contributed by atoms with Crippen LogP contribution in [-0.4, -0.2) is 29.1 Å². The van der Waals surface area contributed by atoms with Gasteiger partial charge >= 0.3 is 0 Å². The van der Waals surface area contributed by atoms with Crippen molar-refractivity contribution in [2.24, 2.45) is 0 Å². The third-order valence-corrected chi connectivity index (χ3v) is 12.1. The molecule has 0 bridgehead atoms. The largest absolute Gasteiger partial charge is 0.308 e. The average Bonchev–Trinajstić information content (AvgIpc) is 3.93. The Morgan fingerprint density at radius 3 is 1.70 bits per heavy atom. The Labute approximate surface area is 330 Å². The van der Waals surface area contributed by atoms with Crippen LogP contribution >= 0.6 is 11.3 Å². The van der Waals surface area contributed by atoms with Crippen molar-refractivity contribution in [1.29, 1.82) is 0 Å². The number of hydrogen-bond donors (Lipinski definition) is 0. The summed E-state index contributed by atoms with van der Waals surface area (Å²) in [5.74, 6) is 1.83. The van der Waals surface area contributed by atoms with Crippen LogP contribution < -0.4 is 0 Å². The van der Waals surface area contributed by atoms with Gasteiger partial charge in [-0.2, -0.15) is 9.97 Å². The molecule has 0 saturated carbocycles. The van der Waals surface area contributed by atoms with Crippen LogP contribution in [0, 0.1) is 0 Å². The summed E-state index contributed by atoms with van der Waals surface area (Å²) in [6, 6.07) is 63.7. The summed E-state index contributed by atoms with van der Waals surface area (Å²) in [6.07, 6.45) is 0. The number of aromatic nitrogens is 6. The van der Waals surface area contributed by atoms with E-state index in [0.717, 1.165) is 71.8 Å². The van der Waals surface area contributed by atoms with E-state index in [1.807, 2.05) is 78.1 Å². The maximum absolute atomic E-state index is 5.37. The lowest BCUT2D eigenvalue weighted by atomic mass is 10.1. The van der Waals surface area contributed by atoms with Crippen molar-refractivity contribution in [2.75, 3.05) is 0 Å². The molecule has 0 spiro atoms. The van der Waals surface area contributed by atoms with Crippen molar-refractivity contribution in [3.63, 3.8) is 0 Å². The van der Waals surface area contributed by atoms with Gasteiger partial charge in [0.25, 0.3) is 0 Å². The maximum Gasteiger partial charge on any atom is 0.238 e. The van der Waals surface area contributed by atoms with Gasteiger partial charge in [-0.1, -0.05) is 127 Å². The van der Waals surface area contributed by atoms with Crippen LogP contribution in [0.3, 0.4) is 0 Å². The molecule has 0 aliphatic heterocycles. The van der Waals surface area contributed by atoms with Gasteiger partial charge in [-0.25, -0.2) is 9.97 Å². The number of benzene rings is 7. The molecule has 266 valence electrons. The molecule has 0 aliphatic rings. The van der Waals surface area contributed by atoms with Gasteiger partial charge in [0.2, 0.25) is 5.95 Å². The van der Waals surface area contributed by atoms with E-state index in [1.54, 1.807) is 0 Å². The minimum absolute atomic E-state index is 0.573. The summed E-state index contributed by atoms with van der Waals surface area (Å²) in [7, 11) is 0. The van der Waals surface area contributed by atoms with E-state index in [9.17, 15) is 0 Å². The molecule has 12 rings (SSSR count). The molecule has 0 atom stereocenters. The van der Waals surface area contributed by atoms with Crippen molar-refractivity contribution < 1.29 is 0 Å². The van der Waals surface area contributed by atoms with Gasteiger partial charge in [0.1, 0.15) is 0 Å². The number of hydrogen-bond acceptors (Lipinski definition) is 5. The van der Waals surface area contributed by atoms with Gasteiger partial charge in [-0.15, -0.1) is 11.3 Å². The lowest BCUT2D eigenvalue weighted by Gasteiger charge is -2.11. The highest BCUT2D eigenvalue weighted by Crippen LogP contribution is 2.42. The fraction of sp³-hybridized carbons (Fsp3) is 0. The summed E-state index contributed by atoms with van der Waals surface area (Å²) in [5.41, 5.74) is 10.2. The third kappa shape index (κ3) is 5.03. The zero-order chi connectivity index (χ0) is 37.5. The molecule has 0 N–H and O–H groups in total. The Kier molecular flexibility index (Phi) is 7.00. The molecule has 6 nitrogen and oxygen atoms in total. The molecule has 0 amide bonds. The Morgan fingerprint density at radius 1 is 0.351 bits per heavy atom. The number of pyridine rings is 1. The van der Waals surface area contributed by atoms with Crippen LogP contribution in [0.25, 0.3) is 110 Å². The molecule has 5 aromatic heterocycles. The molecule has 7 heteroatoms. The van der Waals surface area contributed by atoms with Crippen molar-refractivity contribution >= 4 is 75.3 Å². The predicted octanol–water partition coefficient (Wildman–Crippen LogP) is 12.8. The van der Waals surface area contributed by atoms with Gasteiger partial charge in [0, 0.05) is 58.7 Å². The van der Waals surface area contributed by atoms with E-state index >= 15 is 0 Å². The van der Waals surface area contributed by atoms with E-state index in [2.05, 4.69) is 124 Å². The molecule has 0 fully saturated rings. The molecular weight excluding hydrogens is 717 g/mol. The molecule has 0 unspecified atom stereocenters. The Morgan fingerprint density at radius 2 is 0.965 bits per heavy atom. The molecule has 12 aromatic rings. The number of nitrogens with zero attached hydrogens (tertiary/aromatic N) is 6. The fourth-order valence-corrected chi connectivity index (χ4v) is 9.48. The van der Waals surface area contributed by atoms with Gasteiger partial charge in [-0.3, -0.25) is 4.57 Å². The van der Waals surface area contributed by atoms with Gasteiger partial charge in [0.15, 0.2) is 11.6 Å². The van der Waals surface area contributed by atoms with E-state index < -0.39 is 0 Å². The molecule has 0 radical (unpaired) electrons. The van der Waals surface area contributed by atoms with Crippen molar-refractivity contribution in [1.82, 2.24) is 29.1 Å². The first-order chi connectivity index (χ1) is 28.2. The molecule has 57 heavy (non-hydrogen) atoms. The quantitative estimate of drug-likeness (QED) is 0.176.